The molecule has 0 amide bonds. The fourth-order valence-electron chi connectivity index (χ4n) is 3.30. The third-order valence-electron chi connectivity index (χ3n) is 4.51. The van der Waals surface area contributed by atoms with Gasteiger partial charge in [0, 0.05) is 16.3 Å². The van der Waals surface area contributed by atoms with Crippen molar-refractivity contribution in [3.8, 4) is 11.4 Å². The summed E-state index contributed by atoms with van der Waals surface area (Å²) in [4.78, 5) is 13.7. The average Bonchev–Trinajstić information content (AvgIpc) is 3.07. The molecular formula is C21H14BrN3O. The highest BCUT2D eigenvalue weighted by Gasteiger charge is 2.16. The molecule has 0 radical (unpaired) electrons. The van der Waals surface area contributed by atoms with Crippen LogP contribution < -0.4 is 0 Å². The van der Waals surface area contributed by atoms with E-state index in [1.165, 1.54) is 0 Å². The summed E-state index contributed by atoms with van der Waals surface area (Å²) in [5, 5.41) is 2.16. The number of hydrogen-bond acceptors (Lipinski definition) is 4. The number of furan rings is 1. The van der Waals surface area contributed by atoms with Crippen LogP contribution in [-0.4, -0.2) is 15.0 Å². The molecule has 0 N–H and O–H groups in total. The van der Waals surface area contributed by atoms with Gasteiger partial charge in [-0.15, -0.1) is 0 Å². The summed E-state index contributed by atoms with van der Waals surface area (Å²) in [6.45, 7) is 0. The Morgan fingerprint density at radius 2 is 1.69 bits per heavy atom. The van der Waals surface area contributed by atoms with Crippen molar-refractivity contribution in [1.82, 2.24) is 15.0 Å². The predicted octanol–water partition coefficient (Wildman–Crippen LogP) is 5.93. The van der Waals surface area contributed by atoms with E-state index in [9.17, 15) is 0 Å². The molecular weight excluding hydrogens is 390 g/mol. The lowest BCUT2D eigenvalue weighted by molar-refractivity contribution is 0.669. The summed E-state index contributed by atoms with van der Waals surface area (Å²) in [6, 6.07) is 14.1. The van der Waals surface area contributed by atoms with Crippen molar-refractivity contribution in [3.63, 3.8) is 0 Å². The molecule has 4 nitrogen and oxygen atoms in total. The Hall–Kier alpha value is -2.79. The van der Waals surface area contributed by atoms with Gasteiger partial charge in [-0.2, -0.15) is 0 Å². The number of fused-ring (bicyclic) bond motifs is 3. The van der Waals surface area contributed by atoms with Crippen LogP contribution in [0.2, 0.25) is 0 Å². The van der Waals surface area contributed by atoms with E-state index in [-0.39, 0.29) is 0 Å². The number of allylic oxidation sites excluding steroid dienone is 4. The van der Waals surface area contributed by atoms with Gasteiger partial charge >= 0.3 is 0 Å². The SMILES string of the molecule is Brc1nc(C2=CCCC=C2)nc(-c2cccc3c2oc2ccccc23)n1. The van der Waals surface area contributed by atoms with Crippen LogP contribution in [-0.2, 0) is 0 Å². The first-order valence-corrected chi connectivity index (χ1v) is 9.28. The van der Waals surface area contributed by atoms with E-state index < -0.39 is 0 Å². The smallest absolute Gasteiger partial charge is 0.200 e. The minimum Gasteiger partial charge on any atom is -0.455 e. The highest BCUT2D eigenvalue weighted by atomic mass is 79.9. The predicted molar refractivity (Wildman–Crippen MR) is 107 cm³/mol. The van der Waals surface area contributed by atoms with Crippen LogP contribution in [0.3, 0.4) is 0 Å². The molecule has 0 unspecified atom stereocenters. The highest BCUT2D eigenvalue weighted by molar-refractivity contribution is 9.10. The van der Waals surface area contributed by atoms with Crippen molar-refractivity contribution in [1.29, 1.82) is 0 Å². The molecule has 0 spiro atoms. The number of nitrogens with zero attached hydrogens (tertiary/aromatic N) is 3. The second-order valence-corrected chi connectivity index (χ2v) is 6.88. The van der Waals surface area contributed by atoms with Crippen LogP contribution in [0.5, 0.6) is 0 Å². The maximum atomic E-state index is 6.12. The number of aromatic nitrogens is 3. The van der Waals surface area contributed by atoms with Gasteiger partial charge < -0.3 is 4.42 Å². The Balaban J connectivity index is 1.74. The molecule has 26 heavy (non-hydrogen) atoms. The Morgan fingerprint density at radius 1 is 0.846 bits per heavy atom. The molecule has 1 aliphatic carbocycles. The fourth-order valence-corrected chi connectivity index (χ4v) is 3.64. The molecule has 2 heterocycles. The van der Waals surface area contributed by atoms with E-state index in [1.807, 2.05) is 30.3 Å². The minimum atomic E-state index is 0.519. The molecule has 5 heteroatoms. The van der Waals surface area contributed by atoms with Crippen LogP contribution in [0.15, 0.2) is 69.8 Å². The van der Waals surface area contributed by atoms with E-state index >= 15 is 0 Å². The Labute approximate surface area is 158 Å². The Morgan fingerprint density at radius 3 is 2.58 bits per heavy atom. The van der Waals surface area contributed by atoms with Crippen LogP contribution in [0.25, 0.3) is 38.9 Å². The molecule has 4 aromatic rings. The lowest BCUT2D eigenvalue weighted by atomic mass is 10.1. The zero-order valence-electron chi connectivity index (χ0n) is 13.8. The fraction of sp³-hybridized carbons (Fsp3) is 0.0952. The summed E-state index contributed by atoms with van der Waals surface area (Å²) in [5.74, 6) is 1.28. The number of benzene rings is 2. The van der Waals surface area contributed by atoms with Crippen LogP contribution in [0.1, 0.15) is 18.7 Å². The first-order valence-electron chi connectivity index (χ1n) is 8.49. The monoisotopic (exact) mass is 403 g/mol. The lowest BCUT2D eigenvalue weighted by Gasteiger charge is -2.08. The van der Waals surface area contributed by atoms with Crippen molar-refractivity contribution < 1.29 is 4.42 Å². The molecule has 5 rings (SSSR count). The van der Waals surface area contributed by atoms with Gasteiger partial charge in [0.1, 0.15) is 11.2 Å². The lowest BCUT2D eigenvalue weighted by Crippen LogP contribution is -2.01. The quantitative estimate of drug-likeness (QED) is 0.415. The topological polar surface area (TPSA) is 51.8 Å². The zero-order valence-corrected chi connectivity index (χ0v) is 15.4. The number of rotatable bonds is 2. The number of hydrogen-bond donors (Lipinski definition) is 0. The van der Waals surface area contributed by atoms with Gasteiger partial charge in [-0.1, -0.05) is 48.6 Å². The second-order valence-electron chi connectivity index (χ2n) is 6.17. The molecule has 2 aromatic carbocycles. The van der Waals surface area contributed by atoms with E-state index in [0.29, 0.717) is 16.4 Å². The van der Waals surface area contributed by atoms with Crippen molar-refractivity contribution in [3.05, 3.63) is 71.3 Å². The molecule has 0 aliphatic heterocycles. The summed E-state index contributed by atoms with van der Waals surface area (Å²) >= 11 is 3.43. The molecule has 126 valence electrons. The summed E-state index contributed by atoms with van der Waals surface area (Å²) in [7, 11) is 0. The van der Waals surface area contributed by atoms with Crippen molar-refractivity contribution in [2.24, 2.45) is 0 Å². The first kappa shape index (κ1) is 15.5. The van der Waals surface area contributed by atoms with E-state index in [4.69, 9.17) is 9.40 Å². The molecule has 0 saturated carbocycles. The normalized spacial score (nSPS) is 14.1. The second kappa shape index (κ2) is 6.18. The molecule has 0 fully saturated rings. The van der Waals surface area contributed by atoms with E-state index in [0.717, 1.165) is 45.9 Å². The van der Waals surface area contributed by atoms with Crippen LogP contribution in [0.4, 0.5) is 0 Å². The number of para-hydroxylation sites is 2. The zero-order chi connectivity index (χ0) is 17.5. The minimum absolute atomic E-state index is 0.519. The van der Waals surface area contributed by atoms with E-state index in [2.05, 4.69) is 56.3 Å². The molecule has 2 aromatic heterocycles. The molecule has 1 aliphatic rings. The van der Waals surface area contributed by atoms with Crippen molar-refractivity contribution in [2.45, 2.75) is 12.8 Å². The van der Waals surface area contributed by atoms with Gasteiger partial charge in [-0.05, 0) is 40.9 Å². The maximum absolute atomic E-state index is 6.12. The van der Waals surface area contributed by atoms with Gasteiger partial charge in [-0.25, -0.2) is 15.0 Å². The van der Waals surface area contributed by atoms with Crippen LogP contribution in [0, 0.1) is 0 Å². The number of halogens is 1. The van der Waals surface area contributed by atoms with Crippen LogP contribution >= 0.6 is 15.9 Å². The van der Waals surface area contributed by atoms with Gasteiger partial charge in [-0.3, -0.25) is 0 Å². The third-order valence-corrected chi connectivity index (χ3v) is 4.86. The highest BCUT2D eigenvalue weighted by Crippen LogP contribution is 2.35. The standard InChI is InChI=1S/C21H14BrN3O/c22-21-24-19(13-7-2-1-3-8-13)23-20(25-21)16-11-6-10-15-14-9-4-5-12-17(14)26-18(15)16/h2,4-12H,1,3H2. The molecule has 0 atom stereocenters. The molecule has 0 bridgehead atoms. The first-order chi connectivity index (χ1) is 12.8. The maximum Gasteiger partial charge on any atom is 0.200 e. The Bertz CT molecular complexity index is 1210. The summed E-state index contributed by atoms with van der Waals surface area (Å²) in [6.07, 6.45) is 8.43. The summed E-state index contributed by atoms with van der Waals surface area (Å²) < 4.78 is 6.64. The largest absolute Gasteiger partial charge is 0.455 e. The van der Waals surface area contributed by atoms with Gasteiger partial charge in [0.2, 0.25) is 4.73 Å². The van der Waals surface area contributed by atoms with Gasteiger partial charge in [0.15, 0.2) is 11.6 Å². The molecule has 0 saturated heterocycles. The van der Waals surface area contributed by atoms with Crippen molar-refractivity contribution >= 4 is 43.4 Å². The van der Waals surface area contributed by atoms with E-state index in [1.54, 1.807) is 0 Å². The van der Waals surface area contributed by atoms with Gasteiger partial charge in [0.05, 0.1) is 5.56 Å². The average molecular weight is 404 g/mol. The third kappa shape index (κ3) is 2.56. The van der Waals surface area contributed by atoms with Crippen molar-refractivity contribution in [2.75, 3.05) is 0 Å². The van der Waals surface area contributed by atoms with Gasteiger partial charge in [0.25, 0.3) is 0 Å². The summed E-state index contributed by atoms with van der Waals surface area (Å²) in [5.41, 5.74) is 3.55. The Kier molecular flexibility index (Phi) is 3.68.